The molecule has 2 aliphatic heterocycles. The zero-order valence-electron chi connectivity index (χ0n) is 22.6. The van der Waals surface area contributed by atoms with Crippen molar-refractivity contribution in [2.24, 2.45) is 17.8 Å². The summed E-state index contributed by atoms with van der Waals surface area (Å²) in [5, 5.41) is 1.20. The molecule has 0 amide bonds. The number of ether oxygens (including phenoxy) is 3. The highest BCUT2D eigenvalue weighted by molar-refractivity contribution is 9.10. The maximum atomic E-state index is 13.3. The zero-order chi connectivity index (χ0) is 28.2. The monoisotopic (exact) mass is 632 g/mol. The summed E-state index contributed by atoms with van der Waals surface area (Å²) in [4.78, 5) is 19.4. The van der Waals surface area contributed by atoms with Crippen LogP contribution in [-0.2, 0) is 35.0 Å². The summed E-state index contributed by atoms with van der Waals surface area (Å²) in [5.74, 6) is -0.265. The molecule has 0 radical (unpaired) electrons. The minimum absolute atomic E-state index is 0.0443. The van der Waals surface area contributed by atoms with E-state index >= 15 is 0 Å². The van der Waals surface area contributed by atoms with Crippen LogP contribution in [0.4, 0.5) is 0 Å². The van der Waals surface area contributed by atoms with Gasteiger partial charge in [-0.1, -0.05) is 15.9 Å². The number of nitrogens with one attached hydrogen (secondary N) is 1. The number of halogens is 1. The molecule has 2 fully saturated rings. The van der Waals surface area contributed by atoms with Crippen LogP contribution in [0.25, 0.3) is 10.9 Å². The Morgan fingerprint density at radius 3 is 2.55 bits per heavy atom. The molecule has 3 heterocycles. The first kappa shape index (κ1) is 27.7. The second-order valence-corrected chi connectivity index (χ2v) is 13.4. The molecule has 3 aromatic rings. The topological polar surface area (TPSA) is 107 Å². The number of carbonyl (C=O) groups excluding carboxylic acids is 1. The average molecular weight is 634 g/mol. The molecular formula is C29H33BrN2O7S. The quantitative estimate of drug-likeness (QED) is 0.314. The number of benzene rings is 2. The van der Waals surface area contributed by atoms with Crippen molar-refractivity contribution in [3.63, 3.8) is 0 Å². The van der Waals surface area contributed by atoms with E-state index < -0.39 is 34.2 Å². The van der Waals surface area contributed by atoms with Crippen molar-refractivity contribution in [2.45, 2.75) is 42.4 Å². The Bertz CT molecular complexity index is 1520. The molecule has 3 aliphatic rings. The summed E-state index contributed by atoms with van der Waals surface area (Å²) >= 11 is 3.34. The summed E-state index contributed by atoms with van der Waals surface area (Å²) < 4.78 is 49.6. The predicted molar refractivity (Wildman–Crippen MR) is 152 cm³/mol. The normalized spacial score (nSPS) is 28.4. The lowest BCUT2D eigenvalue weighted by atomic mass is 9.64. The molecule has 1 N–H and O–H groups in total. The molecule has 9 nitrogen and oxygen atoms in total. The predicted octanol–water partition coefficient (Wildman–Crippen LogP) is 4.46. The molecule has 11 heteroatoms. The van der Waals surface area contributed by atoms with Crippen molar-refractivity contribution in [2.75, 3.05) is 34.4 Å². The number of H-pyrrole nitrogens is 1. The largest absolute Gasteiger partial charge is 0.497 e. The number of piperidine rings is 1. The highest BCUT2D eigenvalue weighted by Gasteiger charge is 2.54. The van der Waals surface area contributed by atoms with E-state index in [2.05, 4.69) is 31.9 Å². The maximum Gasteiger partial charge on any atom is 0.311 e. The number of aromatic amines is 1. The molecule has 1 saturated carbocycles. The van der Waals surface area contributed by atoms with Gasteiger partial charge in [-0.05, 0) is 73.1 Å². The summed E-state index contributed by atoms with van der Waals surface area (Å²) in [5.41, 5.74) is 3.54. The fourth-order valence-electron chi connectivity index (χ4n) is 7.16. The summed E-state index contributed by atoms with van der Waals surface area (Å²) in [6, 6.07) is 12.5. The van der Waals surface area contributed by atoms with Crippen molar-refractivity contribution in [1.82, 2.24) is 9.88 Å². The van der Waals surface area contributed by atoms with Gasteiger partial charge in [-0.2, -0.15) is 8.42 Å². The standard InChI is InChI=1S/C29H33BrN2O7S/c1-36-18-6-9-20-21-10-11-32-15-16-12-25(39-40(34,35)19-7-4-17(30)5-8-19)28(37-2)26(29(33)38-3)22(16)14-24(32)27(21)31-23(20)13-18/h4-9,13,16,22,24-26,28,31H,10-12,14-15H2,1-3H3/t16-,22+,24-,25-,26+,28+/m1/s1. The average Bonchev–Trinajstić information content (AvgIpc) is 3.33. The van der Waals surface area contributed by atoms with Gasteiger partial charge in [0.2, 0.25) is 0 Å². The third kappa shape index (κ3) is 4.75. The molecule has 214 valence electrons. The molecule has 0 bridgehead atoms. The van der Waals surface area contributed by atoms with Gasteiger partial charge in [-0.3, -0.25) is 13.9 Å². The zero-order valence-corrected chi connectivity index (χ0v) is 25.0. The Hall–Kier alpha value is -2.44. The molecule has 0 spiro atoms. The van der Waals surface area contributed by atoms with E-state index in [4.69, 9.17) is 18.4 Å². The highest BCUT2D eigenvalue weighted by Crippen LogP contribution is 2.50. The molecule has 1 aliphatic carbocycles. The fourth-order valence-corrected chi connectivity index (χ4v) is 8.51. The number of rotatable bonds is 6. The first-order valence-corrected chi connectivity index (χ1v) is 15.7. The van der Waals surface area contributed by atoms with E-state index in [0.717, 1.165) is 41.7 Å². The lowest BCUT2D eigenvalue weighted by Gasteiger charge is -2.52. The molecule has 2 aromatic carbocycles. The molecule has 40 heavy (non-hydrogen) atoms. The Kier molecular flexibility index (Phi) is 7.45. The summed E-state index contributed by atoms with van der Waals surface area (Å²) in [6.07, 6.45) is 0.524. The van der Waals surface area contributed by atoms with E-state index in [-0.39, 0.29) is 22.8 Å². The van der Waals surface area contributed by atoms with Crippen molar-refractivity contribution >= 4 is 42.9 Å². The van der Waals surface area contributed by atoms with Gasteiger partial charge in [0.25, 0.3) is 10.1 Å². The van der Waals surface area contributed by atoms with E-state index in [0.29, 0.717) is 6.42 Å². The molecule has 0 unspecified atom stereocenters. The molecule has 1 aromatic heterocycles. The van der Waals surface area contributed by atoms with Crippen molar-refractivity contribution < 1.29 is 31.6 Å². The number of carbonyl (C=O) groups is 1. The lowest BCUT2D eigenvalue weighted by molar-refractivity contribution is -0.172. The number of aromatic nitrogens is 1. The minimum atomic E-state index is -4.08. The summed E-state index contributed by atoms with van der Waals surface area (Å²) in [7, 11) is 0.454. The highest BCUT2D eigenvalue weighted by atomic mass is 79.9. The van der Waals surface area contributed by atoms with E-state index in [9.17, 15) is 13.2 Å². The second kappa shape index (κ2) is 10.8. The van der Waals surface area contributed by atoms with Gasteiger partial charge in [0.05, 0.1) is 37.2 Å². The number of methoxy groups -OCH3 is 3. The van der Waals surface area contributed by atoms with Crippen LogP contribution in [0.1, 0.15) is 30.1 Å². The minimum Gasteiger partial charge on any atom is -0.497 e. The van der Waals surface area contributed by atoms with E-state index in [1.165, 1.54) is 43.0 Å². The smallest absolute Gasteiger partial charge is 0.311 e. The fraction of sp³-hybridized carbons (Fsp3) is 0.483. The van der Waals surface area contributed by atoms with Crippen LogP contribution in [0.15, 0.2) is 51.8 Å². The van der Waals surface area contributed by atoms with Gasteiger partial charge in [-0.25, -0.2) is 0 Å². The van der Waals surface area contributed by atoms with Crippen LogP contribution < -0.4 is 4.74 Å². The second-order valence-electron chi connectivity index (χ2n) is 10.9. The van der Waals surface area contributed by atoms with Crippen molar-refractivity contribution in [3.05, 3.63) is 58.2 Å². The van der Waals surface area contributed by atoms with Crippen LogP contribution in [0.5, 0.6) is 5.75 Å². The lowest BCUT2D eigenvalue weighted by Crippen LogP contribution is -2.58. The molecule has 1 saturated heterocycles. The first-order valence-electron chi connectivity index (χ1n) is 13.5. The van der Waals surface area contributed by atoms with Gasteiger partial charge in [0.15, 0.2) is 0 Å². The van der Waals surface area contributed by atoms with Gasteiger partial charge < -0.3 is 19.2 Å². The maximum absolute atomic E-state index is 13.3. The molecule has 6 atom stereocenters. The number of hydrogen-bond acceptors (Lipinski definition) is 8. The van der Waals surface area contributed by atoms with E-state index in [1.807, 2.05) is 12.1 Å². The number of fused-ring (bicyclic) bond motifs is 6. The van der Waals surface area contributed by atoms with E-state index in [1.54, 1.807) is 19.2 Å². The summed E-state index contributed by atoms with van der Waals surface area (Å²) in [6.45, 7) is 1.62. The van der Waals surface area contributed by atoms with Gasteiger partial charge in [0.1, 0.15) is 11.9 Å². The van der Waals surface area contributed by atoms with Crippen molar-refractivity contribution in [1.29, 1.82) is 0 Å². The van der Waals surface area contributed by atoms with Crippen LogP contribution in [-0.4, -0.2) is 70.9 Å². The molecular weight excluding hydrogens is 600 g/mol. The number of esters is 1. The van der Waals surface area contributed by atoms with Crippen LogP contribution in [0.3, 0.4) is 0 Å². The van der Waals surface area contributed by atoms with Gasteiger partial charge in [0, 0.05) is 47.3 Å². The van der Waals surface area contributed by atoms with Gasteiger partial charge in [-0.15, -0.1) is 0 Å². The number of hydrogen-bond donors (Lipinski definition) is 1. The van der Waals surface area contributed by atoms with Gasteiger partial charge >= 0.3 is 5.97 Å². The number of nitrogens with zero attached hydrogens (tertiary/aromatic N) is 1. The Morgan fingerprint density at radius 2 is 1.85 bits per heavy atom. The van der Waals surface area contributed by atoms with Crippen LogP contribution in [0.2, 0.25) is 0 Å². The SMILES string of the molecule is COC(=O)[C@H]1[C@H]2C[C@@H]3c4[nH]c5cc(OC)ccc5c4CCN3C[C@H]2C[C@@H](OS(=O)(=O)c2ccc(Br)cc2)[C@@H]1OC. The molecule has 6 rings (SSSR count). The first-order chi connectivity index (χ1) is 19.2. The Labute approximate surface area is 242 Å². The third-order valence-corrected chi connectivity index (χ3v) is 10.8. The Morgan fingerprint density at radius 1 is 1.07 bits per heavy atom. The Balaban J connectivity index is 1.32. The van der Waals surface area contributed by atoms with Crippen molar-refractivity contribution in [3.8, 4) is 5.75 Å². The van der Waals surface area contributed by atoms with Crippen LogP contribution >= 0.6 is 15.9 Å². The third-order valence-electron chi connectivity index (χ3n) is 8.95. The van der Waals surface area contributed by atoms with Crippen LogP contribution in [0, 0.1) is 17.8 Å².